The predicted octanol–water partition coefficient (Wildman–Crippen LogP) is 4.29. The van der Waals surface area contributed by atoms with Gasteiger partial charge in [0.2, 0.25) is 0 Å². The molecular formula is C12H7Br2F2NO2S. The van der Waals surface area contributed by atoms with Gasteiger partial charge in [0.25, 0.3) is 10.0 Å². The largest absolute Gasteiger partial charge is 0.280 e. The Hall–Kier alpha value is -0.990. The minimum Gasteiger partial charge on any atom is -0.280 e. The van der Waals surface area contributed by atoms with Crippen LogP contribution in [-0.4, -0.2) is 8.42 Å². The highest BCUT2D eigenvalue weighted by atomic mass is 79.9. The molecule has 3 nitrogen and oxygen atoms in total. The zero-order valence-corrected chi connectivity index (χ0v) is 13.7. The number of sulfonamides is 1. The number of halogens is 4. The van der Waals surface area contributed by atoms with Crippen LogP contribution in [0.2, 0.25) is 0 Å². The molecule has 0 heterocycles. The molecular weight excluding hydrogens is 420 g/mol. The molecule has 2 aromatic carbocycles. The zero-order valence-electron chi connectivity index (χ0n) is 9.70. The van der Waals surface area contributed by atoms with Gasteiger partial charge in [-0.3, -0.25) is 4.72 Å². The average molecular weight is 427 g/mol. The van der Waals surface area contributed by atoms with Crippen molar-refractivity contribution in [1.29, 1.82) is 0 Å². The molecule has 0 aromatic heterocycles. The molecule has 0 saturated carbocycles. The van der Waals surface area contributed by atoms with Crippen molar-refractivity contribution in [2.24, 2.45) is 0 Å². The lowest BCUT2D eigenvalue weighted by Crippen LogP contribution is -2.14. The maximum atomic E-state index is 13.7. The summed E-state index contributed by atoms with van der Waals surface area (Å²) in [5.74, 6) is -1.41. The third kappa shape index (κ3) is 3.36. The number of benzene rings is 2. The number of hydrogen-bond donors (Lipinski definition) is 1. The summed E-state index contributed by atoms with van der Waals surface area (Å²) < 4.78 is 53.6. The lowest BCUT2D eigenvalue weighted by atomic mass is 10.3. The second-order valence-corrected chi connectivity index (χ2v) is 7.23. The fourth-order valence-electron chi connectivity index (χ4n) is 1.46. The maximum Gasteiger partial charge on any atom is 0.264 e. The van der Waals surface area contributed by atoms with Crippen molar-refractivity contribution < 1.29 is 17.2 Å². The van der Waals surface area contributed by atoms with Gasteiger partial charge in [0, 0.05) is 4.47 Å². The third-order valence-electron chi connectivity index (χ3n) is 2.36. The number of hydrogen-bond acceptors (Lipinski definition) is 2. The highest BCUT2D eigenvalue weighted by Crippen LogP contribution is 2.24. The van der Waals surface area contributed by atoms with Gasteiger partial charge in [0.1, 0.15) is 16.5 Å². The molecule has 0 aliphatic heterocycles. The first-order chi connectivity index (χ1) is 9.29. The highest BCUT2D eigenvalue weighted by Gasteiger charge is 2.19. The third-order valence-corrected chi connectivity index (χ3v) is 4.87. The molecule has 0 bridgehead atoms. The van der Waals surface area contributed by atoms with Crippen LogP contribution in [0, 0.1) is 11.6 Å². The Balaban J connectivity index is 2.38. The Morgan fingerprint density at radius 1 is 0.950 bits per heavy atom. The van der Waals surface area contributed by atoms with Crippen molar-refractivity contribution in [1.82, 2.24) is 0 Å². The molecule has 0 spiro atoms. The summed E-state index contributed by atoms with van der Waals surface area (Å²) in [6, 6.07) is 7.20. The van der Waals surface area contributed by atoms with Crippen molar-refractivity contribution in [3.8, 4) is 0 Å². The number of anilines is 1. The molecule has 8 heteroatoms. The van der Waals surface area contributed by atoms with E-state index in [9.17, 15) is 17.2 Å². The van der Waals surface area contributed by atoms with Crippen LogP contribution in [0.15, 0.2) is 50.2 Å². The molecule has 0 unspecified atom stereocenters. The van der Waals surface area contributed by atoms with Crippen molar-refractivity contribution in [2.45, 2.75) is 4.90 Å². The summed E-state index contributed by atoms with van der Waals surface area (Å²) in [4.78, 5) is -0.485. The second-order valence-electron chi connectivity index (χ2n) is 3.81. The van der Waals surface area contributed by atoms with E-state index in [1.807, 2.05) is 0 Å². The fraction of sp³-hybridized carbons (Fsp3) is 0. The Kier molecular flexibility index (Phi) is 4.46. The molecule has 2 aromatic rings. The summed E-state index contributed by atoms with van der Waals surface area (Å²) in [6.07, 6.45) is 0. The zero-order chi connectivity index (χ0) is 14.9. The Morgan fingerprint density at radius 2 is 1.65 bits per heavy atom. The van der Waals surface area contributed by atoms with Crippen LogP contribution in [0.1, 0.15) is 0 Å². The second kappa shape index (κ2) is 5.79. The van der Waals surface area contributed by atoms with Gasteiger partial charge in [-0.2, -0.15) is 0 Å². The van der Waals surface area contributed by atoms with Crippen molar-refractivity contribution in [3.05, 3.63) is 57.0 Å². The molecule has 0 atom stereocenters. The molecule has 2 rings (SSSR count). The topological polar surface area (TPSA) is 46.2 Å². The van der Waals surface area contributed by atoms with Crippen LogP contribution in [0.25, 0.3) is 0 Å². The fourth-order valence-corrected chi connectivity index (χ4v) is 3.28. The van der Waals surface area contributed by atoms with Crippen molar-refractivity contribution in [2.75, 3.05) is 4.72 Å². The first-order valence-electron chi connectivity index (χ1n) is 5.22. The molecule has 0 radical (unpaired) electrons. The normalized spacial score (nSPS) is 11.4. The smallest absolute Gasteiger partial charge is 0.264 e. The van der Waals surface area contributed by atoms with Crippen LogP contribution >= 0.6 is 31.9 Å². The van der Waals surface area contributed by atoms with Gasteiger partial charge in [-0.05, 0) is 52.3 Å². The van der Waals surface area contributed by atoms with Crippen LogP contribution in [-0.2, 0) is 10.0 Å². The van der Waals surface area contributed by atoms with E-state index in [1.54, 1.807) is 0 Å². The van der Waals surface area contributed by atoms with Gasteiger partial charge in [-0.15, -0.1) is 0 Å². The lowest BCUT2D eigenvalue weighted by molar-refractivity contribution is 0.569. The van der Waals surface area contributed by atoms with Gasteiger partial charge in [0.05, 0.1) is 10.2 Å². The van der Waals surface area contributed by atoms with Gasteiger partial charge in [-0.1, -0.05) is 15.9 Å². The first kappa shape index (κ1) is 15.4. The van der Waals surface area contributed by atoms with E-state index in [-0.39, 0.29) is 10.2 Å². The molecule has 1 N–H and O–H groups in total. The molecule has 0 amide bonds. The van der Waals surface area contributed by atoms with E-state index in [4.69, 9.17) is 0 Å². The highest BCUT2D eigenvalue weighted by molar-refractivity contribution is 9.10. The van der Waals surface area contributed by atoms with Gasteiger partial charge >= 0.3 is 0 Å². The van der Waals surface area contributed by atoms with E-state index in [0.29, 0.717) is 4.47 Å². The Morgan fingerprint density at radius 3 is 2.25 bits per heavy atom. The summed E-state index contributed by atoms with van der Waals surface area (Å²) >= 11 is 5.99. The SMILES string of the molecule is O=S(=O)(Nc1ccc(F)c(Br)c1)c1ccc(Br)cc1F. The molecule has 106 valence electrons. The van der Waals surface area contributed by atoms with E-state index < -0.39 is 26.6 Å². The van der Waals surface area contributed by atoms with Crippen molar-refractivity contribution >= 4 is 47.6 Å². The van der Waals surface area contributed by atoms with Crippen LogP contribution in [0.4, 0.5) is 14.5 Å². The van der Waals surface area contributed by atoms with E-state index >= 15 is 0 Å². The van der Waals surface area contributed by atoms with Crippen LogP contribution < -0.4 is 4.72 Å². The first-order valence-corrected chi connectivity index (χ1v) is 8.29. The van der Waals surface area contributed by atoms with E-state index in [0.717, 1.165) is 18.2 Å². The lowest BCUT2D eigenvalue weighted by Gasteiger charge is -2.09. The van der Waals surface area contributed by atoms with E-state index in [1.165, 1.54) is 18.2 Å². The van der Waals surface area contributed by atoms with Gasteiger partial charge in [-0.25, -0.2) is 17.2 Å². The summed E-state index contributed by atoms with van der Waals surface area (Å²) in [7, 11) is -4.08. The quantitative estimate of drug-likeness (QED) is 0.795. The van der Waals surface area contributed by atoms with Crippen LogP contribution in [0.3, 0.4) is 0 Å². The monoisotopic (exact) mass is 425 g/mol. The van der Waals surface area contributed by atoms with Crippen molar-refractivity contribution in [3.63, 3.8) is 0 Å². The average Bonchev–Trinajstić information content (AvgIpc) is 2.33. The molecule has 0 fully saturated rings. The summed E-state index contributed by atoms with van der Waals surface area (Å²) in [5, 5.41) is 0. The molecule has 0 aliphatic carbocycles. The number of rotatable bonds is 3. The van der Waals surface area contributed by atoms with Crippen LogP contribution in [0.5, 0.6) is 0 Å². The molecule has 0 saturated heterocycles. The maximum absolute atomic E-state index is 13.7. The standard InChI is InChI=1S/C12H7Br2F2NO2S/c13-7-1-4-12(11(16)5-7)20(18,19)17-8-2-3-10(15)9(14)6-8/h1-6,17H. The molecule has 0 aliphatic rings. The summed E-state index contributed by atoms with van der Waals surface area (Å²) in [6.45, 7) is 0. The van der Waals surface area contributed by atoms with E-state index in [2.05, 4.69) is 36.6 Å². The van der Waals surface area contributed by atoms with Gasteiger partial charge in [0.15, 0.2) is 0 Å². The predicted molar refractivity (Wildman–Crippen MR) is 79.0 cm³/mol. The molecule has 20 heavy (non-hydrogen) atoms. The summed E-state index contributed by atoms with van der Waals surface area (Å²) in [5.41, 5.74) is 0.126. The Labute approximate surface area is 131 Å². The Bertz CT molecular complexity index is 766. The minimum atomic E-state index is -4.08. The number of nitrogens with one attached hydrogen (secondary N) is 1. The minimum absolute atomic E-state index is 0.106. The van der Waals surface area contributed by atoms with Gasteiger partial charge < -0.3 is 0 Å².